The Morgan fingerprint density at radius 3 is 1.80 bits per heavy atom. The molecular formula is C2H9GeNO. The molecule has 0 rings (SSSR count). The molecule has 0 aliphatic carbocycles. The molecular weight excluding hydrogens is 127 g/mol. The van der Waals surface area contributed by atoms with Crippen LogP contribution in [0, 0.1) is 0 Å². The van der Waals surface area contributed by atoms with Gasteiger partial charge in [0.05, 0.1) is 0 Å². The van der Waals surface area contributed by atoms with E-state index in [0.717, 1.165) is 0 Å². The summed E-state index contributed by atoms with van der Waals surface area (Å²) in [4.78, 5) is 0. The number of rotatable bonds is 1. The summed E-state index contributed by atoms with van der Waals surface area (Å²) >= 11 is 0.510. The summed E-state index contributed by atoms with van der Waals surface area (Å²) in [7, 11) is 3.76. The van der Waals surface area contributed by atoms with E-state index in [1.54, 1.807) is 5.06 Å². The van der Waals surface area contributed by atoms with Crippen molar-refractivity contribution in [1.82, 2.24) is 5.06 Å². The molecule has 0 amide bonds. The molecule has 0 heterocycles. The zero-order valence-corrected chi connectivity index (χ0v) is 8.05. The first-order valence-electron chi connectivity index (χ1n) is 1.49. The molecule has 0 bridgehead atoms. The Hall–Kier alpha value is 0.463. The molecule has 0 N–H and O–H groups in total. The van der Waals surface area contributed by atoms with Gasteiger partial charge in [0.15, 0.2) is 0 Å². The number of hydrogen-bond donors (Lipinski definition) is 0. The van der Waals surface area contributed by atoms with Gasteiger partial charge >= 0.3 is 39.9 Å². The molecule has 0 aliphatic heterocycles. The summed E-state index contributed by atoms with van der Waals surface area (Å²) in [6.07, 6.45) is 0. The van der Waals surface area contributed by atoms with Crippen molar-refractivity contribution in [2.75, 3.05) is 14.1 Å². The summed E-state index contributed by atoms with van der Waals surface area (Å²) < 4.78 is 4.77. The summed E-state index contributed by atoms with van der Waals surface area (Å²) in [5.74, 6) is 0. The molecule has 0 saturated carbocycles. The van der Waals surface area contributed by atoms with Gasteiger partial charge in [0.25, 0.3) is 0 Å². The summed E-state index contributed by atoms with van der Waals surface area (Å²) in [5.41, 5.74) is 0. The van der Waals surface area contributed by atoms with Gasteiger partial charge in [-0.25, -0.2) is 0 Å². The third-order valence-electron chi connectivity index (χ3n) is 0.365. The van der Waals surface area contributed by atoms with Gasteiger partial charge in [0.1, 0.15) is 0 Å². The van der Waals surface area contributed by atoms with Crippen LogP contribution < -0.4 is 0 Å². The van der Waals surface area contributed by atoms with Crippen LogP contribution in [0.5, 0.6) is 0 Å². The normalized spacial score (nSPS) is 10.2. The molecule has 0 spiro atoms. The van der Waals surface area contributed by atoms with Crippen LogP contribution in [0.15, 0.2) is 0 Å². The van der Waals surface area contributed by atoms with Crippen molar-refractivity contribution in [2.45, 2.75) is 0 Å². The maximum atomic E-state index is 4.77. The molecule has 0 aromatic carbocycles. The van der Waals surface area contributed by atoms with Gasteiger partial charge in [-0.1, -0.05) is 0 Å². The SMILES string of the molecule is CN(C)[O][GeH3]. The second kappa shape index (κ2) is 2.69. The fraction of sp³-hybridized carbons (Fsp3) is 1.00. The average Bonchev–Trinajstić information content (AvgIpc) is 1.38. The van der Waals surface area contributed by atoms with Gasteiger partial charge in [0, 0.05) is 0 Å². The van der Waals surface area contributed by atoms with E-state index in [-0.39, 0.29) is 0 Å². The topological polar surface area (TPSA) is 12.5 Å². The molecule has 2 nitrogen and oxygen atoms in total. The molecule has 0 saturated heterocycles. The first-order valence-corrected chi connectivity index (χ1v) is 3.20. The predicted molar refractivity (Wildman–Crippen MR) is 24.7 cm³/mol. The van der Waals surface area contributed by atoms with Gasteiger partial charge in [-0.15, -0.1) is 0 Å². The third kappa shape index (κ3) is 4.46. The maximum absolute atomic E-state index is 4.77. The Labute approximate surface area is 40.6 Å². The molecule has 0 radical (unpaired) electrons. The minimum absolute atomic E-state index is 0.510. The van der Waals surface area contributed by atoms with E-state index in [2.05, 4.69) is 0 Å². The second-order valence-electron chi connectivity index (χ2n) is 0.995. The molecule has 5 heavy (non-hydrogen) atoms. The van der Waals surface area contributed by atoms with E-state index in [4.69, 9.17) is 3.86 Å². The van der Waals surface area contributed by atoms with Crippen LogP contribution in [0.2, 0.25) is 0 Å². The average molecular weight is 136 g/mol. The molecule has 0 unspecified atom stereocenters. The Balaban J connectivity index is 2.54. The summed E-state index contributed by atoms with van der Waals surface area (Å²) in [6, 6.07) is 0. The van der Waals surface area contributed by atoms with Gasteiger partial charge in [-0.3, -0.25) is 0 Å². The van der Waals surface area contributed by atoms with Crippen LogP contribution in [-0.2, 0) is 3.86 Å². The van der Waals surface area contributed by atoms with Crippen molar-refractivity contribution in [3.05, 3.63) is 0 Å². The number of nitrogens with zero attached hydrogens (tertiary/aromatic N) is 1. The molecule has 3 heteroatoms. The third-order valence-corrected chi connectivity index (χ3v) is 1.90. The van der Waals surface area contributed by atoms with Gasteiger partial charge in [-0.2, -0.15) is 0 Å². The fourth-order valence-corrected chi connectivity index (χ4v) is 0. The number of hydroxylamine groups is 2. The van der Waals surface area contributed by atoms with Crippen LogP contribution in [0.1, 0.15) is 0 Å². The zero-order chi connectivity index (χ0) is 4.28. The Kier molecular flexibility index (Phi) is 2.94. The molecule has 0 fully saturated rings. The van der Waals surface area contributed by atoms with Gasteiger partial charge in [-0.05, 0) is 0 Å². The van der Waals surface area contributed by atoms with E-state index >= 15 is 0 Å². The summed E-state index contributed by atoms with van der Waals surface area (Å²) in [5, 5.41) is 1.71. The van der Waals surface area contributed by atoms with Crippen LogP contribution in [0.3, 0.4) is 0 Å². The minimum atomic E-state index is 0.510. The van der Waals surface area contributed by atoms with E-state index in [9.17, 15) is 0 Å². The fourth-order valence-electron chi connectivity index (χ4n) is 0. The first-order chi connectivity index (χ1) is 2.27. The molecule has 0 aliphatic rings. The molecule has 0 atom stereocenters. The van der Waals surface area contributed by atoms with E-state index in [0.29, 0.717) is 16.9 Å². The van der Waals surface area contributed by atoms with Crippen molar-refractivity contribution in [2.24, 2.45) is 0 Å². The van der Waals surface area contributed by atoms with E-state index in [1.807, 2.05) is 14.1 Å². The zero-order valence-electron chi connectivity index (χ0n) is 3.86. The van der Waals surface area contributed by atoms with Crippen LogP contribution in [0.4, 0.5) is 0 Å². The van der Waals surface area contributed by atoms with Crippen molar-refractivity contribution in [3.8, 4) is 0 Å². The van der Waals surface area contributed by atoms with Crippen molar-refractivity contribution in [3.63, 3.8) is 0 Å². The van der Waals surface area contributed by atoms with Crippen LogP contribution in [0.25, 0.3) is 0 Å². The molecule has 0 aromatic heterocycles. The number of hydrogen-bond acceptors (Lipinski definition) is 2. The second-order valence-corrected chi connectivity index (χ2v) is 1.76. The van der Waals surface area contributed by atoms with Gasteiger partial charge < -0.3 is 0 Å². The quantitative estimate of drug-likeness (QED) is 0.330. The Morgan fingerprint density at radius 1 is 1.60 bits per heavy atom. The Bertz CT molecular complexity index is 23.6. The molecule has 32 valence electrons. The van der Waals surface area contributed by atoms with Crippen LogP contribution in [-0.4, -0.2) is 36.0 Å². The first kappa shape index (κ1) is 5.46. The van der Waals surface area contributed by atoms with Crippen molar-refractivity contribution >= 4 is 16.9 Å². The monoisotopic (exact) mass is 137 g/mol. The van der Waals surface area contributed by atoms with Crippen molar-refractivity contribution < 1.29 is 3.86 Å². The molecule has 0 aromatic rings. The van der Waals surface area contributed by atoms with E-state index < -0.39 is 0 Å². The van der Waals surface area contributed by atoms with Crippen LogP contribution >= 0.6 is 0 Å². The predicted octanol–water partition coefficient (Wildman–Crippen LogP) is -1.24. The standard InChI is InChI=1S/C2H9GeNO/c1-4(2)5-3/h1-3H3. The Morgan fingerprint density at radius 2 is 1.80 bits per heavy atom. The van der Waals surface area contributed by atoms with Crippen molar-refractivity contribution in [1.29, 1.82) is 0 Å². The van der Waals surface area contributed by atoms with Gasteiger partial charge in [0.2, 0.25) is 0 Å². The van der Waals surface area contributed by atoms with E-state index in [1.165, 1.54) is 0 Å². The summed E-state index contributed by atoms with van der Waals surface area (Å²) in [6.45, 7) is 0.